The largest absolute Gasteiger partial charge is 0.508 e. The molecule has 0 spiro atoms. The number of phenolic OH excluding ortho intramolecular Hbond substituents is 1. The van der Waals surface area contributed by atoms with Gasteiger partial charge < -0.3 is 9.94 Å². The Hall–Kier alpha value is -1.51. The van der Waals surface area contributed by atoms with Gasteiger partial charge in [0.15, 0.2) is 0 Å². The van der Waals surface area contributed by atoms with Crippen molar-refractivity contribution in [1.82, 2.24) is 0 Å². The molecule has 172 valence electrons. The minimum absolute atomic E-state index is 0.231. The summed E-state index contributed by atoms with van der Waals surface area (Å²) in [6.45, 7) is 2.46. The van der Waals surface area contributed by atoms with Gasteiger partial charge in [-0.05, 0) is 135 Å². The van der Waals surface area contributed by atoms with Gasteiger partial charge in [-0.1, -0.05) is 18.1 Å². The molecule has 7 aliphatic carbocycles. The molecule has 4 atom stereocenters. The number of fused-ring (bicyclic) bond motifs is 5. The summed E-state index contributed by atoms with van der Waals surface area (Å²) < 4.78 is 0. The Morgan fingerprint density at radius 2 is 1.69 bits per heavy atom. The Labute approximate surface area is 193 Å². The zero-order valence-electron chi connectivity index (χ0n) is 19.9. The summed E-state index contributed by atoms with van der Waals surface area (Å²) in [6, 6.07) is 4.76. The van der Waals surface area contributed by atoms with Crippen LogP contribution >= 0.6 is 0 Å². The molecule has 1 N–H and O–H groups in total. The van der Waals surface area contributed by atoms with Gasteiger partial charge in [0.1, 0.15) is 12.9 Å². The Morgan fingerprint density at radius 3 is 2.38 bits per heavy atom. The fourth-order valence-corrected chi connectivity index (χ4v) is 10.5. The highest BCUT2D eigenvalue weighted by atomic mass is 16.6. The number of aryl methyl sites for hydroxylation is 1. The highest BCUT2D eigenvalue weighted by Crippen LogP contribution is 2.64. The highest BCUT2D eigenvalue weighted by molar-refractivity contribution is 5.92. The Bertz CT molecular complexity index is 944. The summed E-state index contributed by atoms with van der Waals surface area (Å²) in [5.74, 6) is 5.54. The van der Waals surface area contributed by atoms with E-state index in [1.807, 2.05) is 0 Å². The van der Waals surface area contributed by atoms with Gasteiger partial charge in [0.25, 0.3) is 0 Å². The van der Waals surface area contributed by atoms with Crippen molar-refractivity contribution in [3.63, 3.8) is 0 Å². The van der Waals surface area contributed by atoms with Gasteiger partial charge in [0.05, 0.1) is 5.71 Å². The van der Waals surface area contributed by atoms with E-state index in [1.165, 1.54) is 81.0 Å². The van der Waals surface area contributed by atoms with Crippen molar-refractivity contribution in [1.29, 1.82) is 0 Å². The molecule has 8 rings (SSSR count). The molecule has 0 radical (unpaired) electrons. The minimum Gasteiger partial charge on any atom is -0.508 e. The number of hydrogen-bond acceptors (Lipinski definition) is 3. The molecule has 7 aliphatic rings. The Kier molecular flexibility index (Phi) is 4.21. The number of hydrogen-bond donors (Lipinski definition) is 1. The number of benzene rings is 1. The van der Waals surface area contributed by atoms with Crippen LogP contribution in [-0.2, 0) is 16.7 Å². The zero-order valence-corrected chi connectivity index (χ0v) is 19.9. The topological polar surface area (TPSA) is 41.8 Å². The maximum Gasteiger partial charge on any atom is 0.119 e. The minimum atomic E-state index is 0.231. The standard InChI is InChI=1S/C29H39NO2/c1-28-8-7-21-22(24(28)5-6-27(28)30-32-2)4-3-20-12-26(31)25(13-23(20)21)29-14-17-9-18(15-29)11-19(10-17)16-29/h12-13,17-19,21-22,24,31H,3-11,14-16H2,1-2H3/b30-27+/t17?,18?,19?,21-,22+,24-,28-,29?/m0/s1. The predicted molar refractivity (Wildman–Crippen MR) is 127 cm³/mol. The molecule has 1 aromatic rings. The van der Waals surface area contributed by atoms with E-state index in [4.69, 9.17) is 4.84 Å². The van der Waals surface area contributed by atoms with Crippen LogP contribution in [-0.4, -0.2) is 17.9 Å². The second-order valence-corrected chi connectivity index (χ2v) is 12.9. The summed E-state index contributed by atoms with van der Waals surface area (Å²) in [6.07, 6.45) is 15.7. The average molecular weight is 434 g/mol. The second kappa shape index (κ2) is 6.76. The molecule has 6 saturated carbocycles. The third-order valence-electron chi connectivity index (χ3n) is 11.4. The van der Waals surface area contributed by atoms with Gasteiger partial charge in [0, 0.05) is 11.0 Å². The fourth-order valence-electron chi connectivity index (χ4n) is 10.5. The van der Waals surface area contributed by atoms with Gasteiger partial charge in [-0.2, -0.15) is 0 Å². The molecule has 3 nitrogen and oxygen atoms in total. The predicted octanol–water partition coefficient (Wildman–Crippen LogP) is 6.72. The molecule has 0 heterocycles. The monoisotopic (exact) mass is 433 g/mol. The third kappa shape index (κ3) is 2.63. The van der Waals surface area contributed by atoms with E-state index in [0.717, 1.165) is 42.4 Å². The van der Waals surface area contributed by atoms with E-state index in [9.17, 15) is 5.11 Å². The van der Waals surface area contributed by atoms with E-state index in [1.54, 1.807) is 12.7 Å². The van der Waals surface area contributed by atoms with E-state index < -0.39 is 0 Å². The first-order chi connectivity index (χ1) is 15.5. The van der Waals surface area contributed by atoms with Crippen LogP contribution in [0.2, 0.25) is 0 Å². The molecular formula is C29H39NO2. The van der Waals surface area contributed by atoms with Crippen molar-refractivity contribution in [3.05, 3.63) is 28.8 Å². The van der Waals surface area contributed by atoms with Crippen molar-refractivity contribution in [3.8, 4) is 5.75 Å². The molecule has 4 bridgehead atoms. The quantitative estimate of drug-likeness (QED) is 0.526. The molecular weight excluding hydrogens is 394 g/mol. The van der Waals surface area contributed by atoms with E-state index in [-0.39, 0.29) is 10.8 Å². The van der Waals surface area contributed by atoms with E-state index in [0.29, 0.717) is 11.7 Å². The number of nitrogens with zero attached hydrogens (tertiary/aromatic N) is 1. The van der Waals surface area contributed by atoms with Crippen LogP contribution in [0.4, 0.5) is 0 Å². The van der Waals surface area contributed by atoms with Crippen LogP contribution < -0.4 is 0 Å². The first-order valence-corrected chi connectivity index (χ1v) is 13.5. The lowest BCUT2D eigenvalue weighted by Gasteiger charge is -2.57. The van der Waals surface area contributed by atoms with Crippen molar-refractivity contribution in [2.75, 3.05) is 7.11 Å². The lowest BCUT2D eigenvalue weighted by Crippen LogP contribution is -2.48. The van der Waals surface area contributed by atoms with Crippen molar-refractivity contribution >= 4 is 5.71 Å². The first-order valence-electron chi connectivity index (χ1n) is 13.5. The lowest BCUT2D eigenvalue weighted by atomic mass is 9.47. The smallest absolute Gasteiger partial charge is 0.119 e. The number of phenols is 1. The summed E-state index contributed by atoms with van der Waals surface area (Å²) in [5.41, 5.74) is 6.23. The second-order valence-electron chi connectivity index (χ2n) is 12.9. The summed E-state index contributed by atoms with van der Waals surface area (Å²) in [7, 11) is 1.70. The molecule has 0 aliphatic heterocycles. The molecule has 3 heteroatoms. The fraction of sp³-hybridized carbons (Fsp3) is 0.759. The summed E-state index contributed by atoms with van der Waals surface area (Å²) in [4.78, 5) is 5.24. The Balaban J connectivity index is 1.26. The molecule has 0 aromatic heterocycles. The molecule has 32 heavy (non-hydrogen) atoms. The van der Waals surface area contributed by atoms with Crippen molar-refractivity contribution < 1.29 is 9.94 Å². The number of rotatable bonds is 2. The molecule has 0 saturated heterocycles. The van der Waals surface area contributed by atoms with Crippen LogP contribution in [0.15, 0.2) is 17.3 Å². The van der Waals surface area contributed by atoms with Crippen LogP contribution in [0.25, 0.3) is 0 Å². The number of aromatic hydroxyl groups is 1. The normalized spacial score (nSPS) is 47.2. The molecule has 0 unspecified atom stereocenters. The first kappa shape index (κ1) is 19.9. The Morgan fingerprint density at radius 1 is 0.969 bits per heavy atom. The summed E-state index contributed by atoms with van der Waals surface area (Å²) in [5, 5.41) is 15.8. The molecule has 1 aromatic carbocycles. The summed E-state index contributed by atoms with van der Waals surface area (Å²) >= 11 is 0. The maximum atomic E-state index is 11.3. The van der Waals surface area contributed by atoms with Crippen LogP contribution in [0.5, 0.6) is 5.75 Å². The molecule has 6 fully saturated rings. The van der Waals surface area contributed by atoms with Crippen LogP contribution in [0.1, 0.15) is 100 Å². The van der Waals surface area contributed by atoms with Crippen LogP contribution in [0, 0.1) is 35.0 Å². The van der Waals surface area contributed by atoms with Gasteiger partial charge in [-0.3, -0.25) is 0 Å². The molecule has 0 amide bonds. The van der Waals surface area contributed by atoms with Crippen LogP contribution in [0.3, 0.4) is 0 Å². The van der Waals surface area contributed by atoms with Gasteiger partial charge in [0.2, 0.25) is 0 Å². The van der Waals surface area contributed by atoms with Crippen molar-refractivity contribution in [2.24, 2.45) is 40.2 Å². The zero-order chi connectivity index (χ0) is 21.7. The number of oxime groups is 1. The lowest BCUT2D eigenvalue weighted by molar-refractivity contribution is -0.00628. The van der Waals surface area contributed by atoms with E-state index in [2.05, 4.69) is 24.2 Å². The highest BCUT2D eigenvalue weighted by Gasteiger charge is 2.55. The van der Waals surface area contributed by atoms with Gasteiger partial charge in [-0.25, -0.2) is 0 Å². The third-order valence-corrected chi connectivity index (χ3v) is 11.4. The average Bonchev–Trinajstić information content (AvgIpc) is 3.08. The van der Waals surface area contributed by atoms with E-state index >= 15 is 0 Å². The SMILES string of the molecule is CO/N=C1\CC[C@H]2[C@@H]3CCc4cc(O)c(C56CC7CC(CC(C7)C5)C6)cc4[C@H]3CC[C@]12C. The van der Waals surface area contributed by atoms with Gasteiger partial charge >= 0.3 is 0 Å². The van der Waals surface area contributed by atoms with Gasteiger partial charge in [-0.15, -0.1) is 0 Å². The maximum absolute atomic E-state index is 11.3. The van der Waals surface area contributed by atoms with Crippen molar-refractivity contribution in [2.45, 2.75) is 95.3 Å².